The summed E-state index contributed by atoms with van der Waals surface area (Å²) in [5.74, 6) is -0.951. The molecule has 0 aliphatic rings. The Morgan fingerprint density at radius 1 is 1.33 bits per heavy atom. The summed E-state index contributed by atoms with van der Waals surface area (Å²) < 4.78 is 4.93. The summed E-state index contributed by atoms with van der Waals surface area (Å²) in [6.07, 6.45) is 2.07. The molecule has 0 bridgehead atoms. The van der Waals surface area contributed by atoms with Crippen LogP contribution in [0.3, 0.4) is 0 Å². The molecule has 0 saturated carbocycles. The zero-order valence-electron chi connectivity index (χ0n) is 11.4. The van der Waals surface area contributed by atoms with Gasteiger partial charge < -0.3 is 15.0 Å². The highest BCUT2D eigenvalue weighted by Crippen LogP contribution is 2.17. The lowest BCUT2D eigenvalue weighted by molar-refractivity contribution is 0.0527. The molecule has 1 heterocycles. The van der Waals surface area contributed by atoms with E-state index >= 15 is 0 Å². The molecule has 2 rings (SSSR count). The van der Waals surface area contributed by atoms with E-state index in [0.29, 0.717) is 17.5 Å². The number of para-hydroxylation sites is 1. The van der Waals surface area contributed by atoms with Crippen molar-refractivity contribution in [2.75, 3.05) is 11.9 Å². The molecule has 2 aromatic rings. The van der Waals surface area contributed by atoms with Gasteiger partial charge in [0, 0.05) is 11.8 Å². The number of anilines is 1. The van der Waals surface area contributed by atoms with E-state index in [-0.39, 0.29) is 17.9 Å². The fraction of sp³-hybridized carbons (Fsp3) is 0.133. The zero-order chi connectivity index (χ0) is 15.2. The van der Waals surface area contributed by atoms with E-state index in [0.717, 1.165) is 0 Å². The highest BCUT2D eigenvalue weighted by molar-refractivity contribution is 6.07. The van der Waals surface area contributed by atoms with Gasteiger partial charge in [-0.3, -0.25) is 9.59 Å². The summed E-state index contributed by atoms with van der Waals surface area (Å²) in [6, 6.07) is 7.98. The molecule has 0 atom stereocenters. The van der Waals surface area contributed by atoms with Gasteiger partial charge in [-0.05, 0) is 25.1 Å². The van der Waals surface area contributed by atoms with Gasteiger partial charge in [0.15, 0.2) is 6.29 Å². The van der Waals surface area contributed by atoms with Crippen LogP contribution in [0.25, 0.3) is 0 Å². The van der Waals surface area contributed by atoms with Crippen molar-refractivity contribution in [3.8, 4) is 0 Å². The maximum absolute atomic E-state index is 12.1. The monoisotopic (exact) mass is 286 g/mol. The molecule has 1 aromatic carbocycles. The van der Waals surface area contributed by atoms with Gasteiger partial charge in [-0.2, -0.15) is 0 Å². The van der Waals surface area contributed by atoms with Gasteiger partial charge in [0.25, 0.3) is 5.91 Å². The topological polar surface area (TPSA) is 88.3 Å². The van der Waals surface area contributed by atoms with Gasteiger partial charge in [-0.25, -0.2) is 4.79 Å². The Kier molecular flexibility index (Phi) is 4.50. The second-order valence-corrected chi connectivity index (χ2v) is 4.18. The molecule has 0 saturated heterocycles. The number of esters is 1. The van der Waals surface area contributed by atoms with Gasteiger partial charge in [0.2, 0.25) is 0 Å². The molecule has 1 aromatic heterocycles. The number of rotatable bonds is 5. The maximum atomic E-state index is 12.1. The van der Waals surface area contributed by atoms with Gasteiger partial charge in [-0.15, -0.1) is 0 Å². The molecule has 0 aliphatic heterocycles. The first kappa shape index (κ1) is 14.5. The first-order valence-corrected chi connectivity index (χ1v) is 6.36. The number of aromatic nitrogens is 1. The van der Waals surface area contributed by atoms with Crippen molar-refractivity contribution in [1.29, 1.82) is 0 Å². The Bertz CT molecular complexity index is 676. The largest absolute Gasteiger partial charge is 0.462 e. The Morgan fingerprint density at radius 2 is 2.10 bits per heavy atom. The van der Waals surface area contributed by atoms with Gasteiger partial charge in [0.1, 0.15) is 5.69 Å². The number of benzene rings is 1. The van der Waals surface area contributed by atoms with Crippen molar-refractivity contribution in [2.24, 2.45) is 0 Å². The van der Waals surface area contributed by atoms with E-state index in [2.05, 4.69) is 10.3 Å². The minimum absolute atomic E-state index is 0.232. The fourth-order valence-electron chi connectivity index (χ4n) is 1.78. The zero-order valence-corrected chi connectivity index (χ0v) is 11.4. The normalized spacial score (nSPS) is 9.95. The Balaban J connectivity index is 2.21. The lowest BCUT2D eigenvalue weighted by atomic mass is 10.1. The molecule has 6 nitrogen and oxygen atoms in total. The number of hydrogen-bond acceptors (Lipinski definition) is 4. The van der Waals surface area contributed by atoms with E-state index < -0.39 is 11.9 Å². The number of aromatic amines is 1. The lowest BCUT2D eigenvalue weighted by Crippen LogP contribution is -2.16. The number of ether oxygens (including phenoxy) is 1. The van der Waals surface area contributed by atoms with Crippen LogP contribution >= 0.6 is 0 Å². The van der Waals surface area contributed by atoms with Gasteiger partial charge >= 0.3 is 5.97 Å². The average Bonchev–Trinajstić information content (AvgIpc) is 2.97. The first-order valence-electron chi connectivity index (χ1n) is 6.36. The Hall–Kier alpha value is -2.89. The first-order chi connectivity index (χ1) is 10.2. The van der Waals surface area contributed by atoms with Crippen LogP contribution in [0, 0.1) is 0 Å². The summed E-state index contributed by atoms with van der Waals surface area (Å²) in [4.78, 5) is 37.2. The van der Waals surface area contributed by atoms with E-state index in [9.17, 15) is 14.4 Å². The third-order valence-corrected chi connectivity index (χ3v) is 2.76. The summed E-state index contributed by atoms with van der Waals surface area (Å²) >= 11 is 0. The standard InChI is InChI=1S/C15H14N2O4/c1-2-21-15(20)11-5-3-4-6-12(11)17-14(19)13-7-10(9-18)8-16-13/h3-9,16H,2H2,1H3,(H,17,19). The molecule has 0 spiro atoms. The smallest absolute Gasteiger partial charge is 0.340 e. The van der Waals surface area contributed by atoms with Crippen molar-refractivity contribution >= 4 is 23.9 Å². The number of hydrogen-bond donors (Lipinski definition) is 2. The highest BCUT2D eigenvalue weighted by atomic mass is 16.5. The Morgan fingerprint density at radius 3 is 2.76 bits per heavy atom. The summed E-state index contributed by atoms with van der Waals surface area (Å²) in [7, 11) is 0. The molecule has 1 amide bonds. The summed E-state index contributed by atoms with van der Waals surface area (Å²) in [5, 5.41) is 2.62. The van der Waals surface area contributed by atoms with Crippen molar-refractivity contribution in [2.45, 2.75) is 6.92 Å². The van der Waals surface area contributed by atoms with Gasteiger partial charge in [0.05, 0.1) is 17.9 Å². The van der Waals surface area contributed by atoms with Crippen LogP contribution in [-0.4, -0.2) is 29.8 Å². The second-order valence-electron chi connectivity index (χ2n) is 4.18. The molecule has 0 radical (unpaired) electrons. The summed E-state index contributed by atoms with van der Waals surface area (Å²) in [5.41, 5.74) is 1.23. The summed E-state index contributed by atoms with van der Waals surface area (Å²) in [6.45, 7) is 1.96. The SMILES string of the molecule is CCOC(=O)c1ccccc1NC(=O)c1cc(C=O)c[nH]1. The molecule has 2 N–H and O–H groups in total. The third kappa shape index (κ3) is 3.36. The molecule has 6 heteroatoms. The van der Waals surface area contributed by atoms with Crippen molar-refractivity contribution in [3.63, 3.8) is 0 Å². The predicted octanol–water partition coefficient (Wildman–Crippen LogP) is 2.26. The molecule has 21 heavy (non-hydrogen) atoms. The van der Waals surface area contributed by atoms with Crippen LogP contribution in [-0.2, 0) is 4.74 Å². The highest BCUT2D eigenvalue weighted by Gasteiger charge is 2.15. The van der Waals surface area contributed by atoms with Crippen molar-refractivity contribution in [1.82, 2.24) is 4.98 Å². The van der Waals surface area contributed by atoms with Crippen molar-refractivity contribution in [3.05, 3.63) is 53.3 Å². The molecule has 0 aliphatic carbocycles. The molecule has 0 unspecified atom stereocenters. The molecule has 108 valence electrons. The maximum Gasteiger partial charge on any atom is 0.340 e. The van der Waals surface area contributed by atoms with Crippen LogP contribution in [0.2, 0.25) is 0 Å². The van der Waals surface area contributed by atoms with Crippen LogP contribution in [0.5, 0.6) is 0 Å². The quantitative estimate of drug-likeness (QED) is 0.651. The van der Waals surface area contributed by atoms with Crippen LogP contribution in [0.1, 0.15) is 38.1 Å². The lowest BCUT2D eigenvalue weighted by Gasteiger charge is -2.09. The average molecular weight is 286 g/mol. The molecular formula is C15H14N2O4. The predicted molar refractivity (Wildman–Crippen MR) is 76.5 cm³/mol. The fourth-order valence-corrected chi connectivity index (χ4v) is 1.78. The number of aldehydes is 1. The molecular weight excluding hydrogens is 272 g/mol. The number of amides is 1. The van der Waals surface area contributed by atoms with Crippen molar-refractivity contribution < 1.29 is 19.1 Å². The minimum Gasteiger partial charge on any atom is -0.462 e. The van der Waals surface area contributed by atoms with Crippen LogP contribution in [0.15, 0.2) is 36.5 Å². The van der Waals surface area contributed by atoms with E-state index in [4.69, 9.17) is 4.74 Å². The number of carbonyl (C=O) groups is 3. The number of carbonyl (C=O) groups excluding carboxylic acids is 3. The Labute approximate surface area is 121 Å². The van der Waals surface area contributed by atoms with Crippen LogP contribution in [0.4, 0.5) is 5.69 Å². The van der Waals surface area contributed by atoms with Gasteiger partial charge in [-0.1, -0.05) is 12.1 Å². The number of H-pyrrole nitrogens is 1. The molecule has 0 fully saturated rings. The van der Waals surface area contributed by atoms with E-state index in [1.807, 2.05) is 0 Å². The second kappa shape index (κ2) is 6.51. The number of nitrogens with one attached hydrogen (secondary N) is 2. The van der Waals surface area contributed by atoms with E-state index in [1.165, 1.54) is 12.3 Å². The third-order valence-electron chi connectivity index (χ3n) is 2.76. The van der Waals surface area contributed by atoms with E-state index in [1.54, 1.807) is 31.2 Å². The minimum atomic E-state index is -0.506. The van der Waals surface area contributed by atoms with Crippen LogP contribution < -0.4 is 5.32 Å².